The lowest BCUT2D eigenvalue weighted by Gasteiger charge is -2.15. The highest BCUT2D eigenvalue weighted by atomic mass is 32.1. The molecule has 3 aromatic heterocycles. The summed E-state index contributed by atoms with van der Waals surface area (Å²) in [5.41, 5.74) is -0.277. The van der Waals surface area contributed by atoms with Gasteiger partial charge in [0.2, 0.25) is 5.43 Å². The largest absolute Gasteiger partial charge is 0.497 e. The van der Waals surface area contributed by atoms with E-state index in [1.807, 2.05) is 0 Å². The zero-order valence-electron chi connectivity index (χ0n) is 16.6. The number of carboxylic acids is 1. The second-order valence-corrected chi connectivity index (χ2v) is 7.60. The van der Waals surface area contributed by atoms with E-state index in [2.05, 4.69) is 4.98 Å². The normalized spacial score (nSPS) is 10.9. The average Bonchev–Trinajstić information content (AvgIpc) is 3.30. The molecule has 0 spiro atoms. The van der Waals surface area contributed by atoms with Crippen LogP contribution in [0.2, 0.25) is 0 Å². The second-order valence-electron chi connectivity index (χ2n) is 6.65. The van der Waals surface area contributed by atoms with Crippen LogP contribution in [0, 0.1) is 5.82 Å². The Balaban J connectivity index is 1.97. The van der Waals surface area contributed by atoms with Crippen molar-refractivity contribution in [2.75, 3.05) is 14.2 Å². The molecule has 0 unspecified atom stereocenters. The molecule has 0 aliphatic rings. The highest BCUT2D eigenvalue weighted by Gasteiger charge is 2.20. The van der Waals surface area contributed by atoms with E-state index in [9.17, 15) is 19.1 Å². The van der Waals surface area contributed by atoms with Gasteiger partial charge < -0.3 is 19.1 Å². The molecular weight excluding hydrogens is 423 g/mol. The number of fused-ring (bicyclic) bond motifs is 1. The Morgan fingerprint density at radius 2 is 2.03 bits per heavy atom. The number of benzene rings is 1. The van der Waals surface area contributed by atoms with Crippen LogP contribution >= 0.6 is 11.3 Å². The number of ether oxygens (including phenoxy) is 2. The van der Waals surface area contributed by atoms with Gasteiger partial charge in [-0.3, -0.25) is 4.79 Å². The maximum atomic E-state index is 14.8. The number of carboxylic acid groups (broad SMARTS) is 1. The Kier molecular flexibility index (Phi) is 5.43. The van der Waals surface area contributed by atoms with Crippen LogP contribution in [-0.4, -0.2) is 34.8 Å². The molecule has 1 aromatic carbocycles. The molecule has 31 heavy (non-hydrogen) atoms. The number of pyridine rings is 2. The Bertz CT molecular complexity index is 1350. The third kappa shape index (κ3) is 3.75. The quantitative estimate of drug-likeness (QED) is 0.487. The summed E-state index contributed by atoms with van der Waals surface area (Å²) in [6.07, 6.45) is 1.22. The van der Waals surface area contributed by atoms with Crippen molar-refractivity contribution in [3.63, 3.8) is 0 Å². The van der Waals surface area contributed by atoms with Crippen LogP contribution < -0.4 is 14.9 Å². The smallest absolute Gasteiger partial charge is 0.341 e. The molecule has 4 rings (SSSR count). The second kappa shape index (κ2) is 8.19. The summed E-state index contributed by atoms with van der Waals surface area (Å²) in [4.78, 5) is 29.3. The molecular formula is C22H17FN2O5S. The predicted molar refractivity (Wildman–Crippen MR) is 115 cm³/mol. The lowest BCUT2D eigenvalue weighted by atomic mass is 10.1. The number of aromatic nitrogens is 2. The van der Waals surface area contributed by atoms with Crippen molar-refractivity contribution < 1.29 is 23.8 Å². The minimum absolute atomic E-state index is 0.0976. The monoisotopic (exact) mass is 440 g/mol. The molecule has 1 N–H and O–H groups in total. The number of hydrogen-bond donors (Lipinski definition) is 1. The maximum Gasteiger partial charge on any atom is 0.341 e. The summed E-state index contributed by atoms with van der Waals surface area (Å²) in [5.74, 6) is -0.978. The van der Waals surface area contributed by atoms with E-state index in [4.69, 9.17) is 9.47 Å². The van der Waals surface area contributed by atoms with Gasteiger partial charge in [0.05, 0.1) is 31.0 Å². The van der Waals surface area contributed by atoms with Gasteiger partial charge in [0.15, 0.2) is 5.82 Å². The summed E-state index contributed by atoms with van der Waals surface area (Å²) in [6.45, 7) is 0.146. The van der Waals surface area contributed by atoms with Crippen LogP contribution in [0.25, 0.3) is 21.6 Å². The fraction of sp³-hybridized carbons (Fsp3) is 0.136. The molecule has 158 valence electrons. The number of aromatic carboxylic acids is 1. The van der Waals surface area contributed by atoms with Crippen molar-refractivity contribution >= 4 is 28.3 Å². The van der Waals surface area contributed by atoms with Crippen LogP contribution in [0.4, 0.5) is 4.39 Å². The predicted octanol–water partition coefficient (Wildman–Crippen LogP) is 4.03. The summed E-state index contributed by atoms with van der Waals surface area (Å²) < 4.78 is 26.9. The van der Waals surface area contributed by atoms with Crippen molar-refractivity contribution in [3.05, 3.63) is 75.1 Å². The number of hydrogen-bond acceptors (Lipinski definition) is 6. The summed E-state index contributed by atoms with van der Waals surface area (Å²) >= 11 is 1.31. The van der Waals surface area contributed by atoms with Crippen LogP contribution in [0.3, 0.4) is 0 Å². The maximum absolute atomic E-state index is 14.8. The molecule has 0 radical (unpaired) electrons. The van der Waals surface area contributed by atoms with Crippen LogP contribution in [0.15, 0.2) is 52.8 Å². The zero-order chi connectivity index (χ0) is 22.1. The molecule has 4 aromatic rings. The molecule has 7 nitrogen and oxygen atoms in total. The summed E-state index contributed by atoms with van der Waals surface area (Å²) in [5, 5.41) is 11.2. The van der Waals surface area contributed by atoms with Crippen LogP contribution in [-0.2, 0) is 6.54 Å². The lowest BCUT2D eigenvalue weighted by Crippen LogP contribution is -2.20. The number of halogens is 1. The van der Waals surface area contributed by atoms with Gasteiger partial charge in [-0.05, 0) is 29.6 Å². The number of rotatable bonds is 6. The standard InChI is InChI=1S/C22H17FN2O5S/c1-29-13-6-5-12(17(8-13)30-2)10-25-11-15(22(27)28)20(26)14-9-16(23)19(24-21(14)25)18-4-3-7-31-18/h3-9,11H,10H2,1-2H3,(H,27,28). The molecule has 0 atom stereocenters. The topological polar surface area (TPSA) is 90.7 Å². The number of carbonyl (C=O) groups is 1. The molecule has 0 fully saturated rings. The van der Waals surface area contributed by atoms with Crippen molar-refractivity contribution in [2.24, 2.45) is 0 Å². The average molecular weight is 440 g/mol. The van der Waals surface area contributed by atoms with Gasteiger partial charge in [-0.15, -0.1) is 11.3 Å². The molecule has 0 bridgehead atoms. The Labute approximate surface area is 179 Å². The molecule has 3 heterocycles. The summed E-state index contributed by atoms with van der Waals surface area (Å²) in [6, 6.07) is 9.75. The molecule has 0 aliphatic heterocycles. The third-order valence-electron chi connectivity index (χ3n) is 4.82. The number of thiophene rings is 1. The van der Waals surface area contributed by atoms with E-state index in [1.54, 1.807) is 35.7 Å². The van der Waals surface area contributed by atoms with Crippen LogP contribution in [0.5, 0.6) is 11.5 Å². The van der Waals surface area contributed by atoms with Crippen LogP contribution in [0.1, 0.15) is 15.9 Å². The number of methoxy groups -OCH3 is 2. The van der Waals surface area contributed by atoms with Gasteiger partial charge in [-0.1, -0.05) is 6.07 Å². The van der Waals surface area contributed by atoms with Gasteiger partial charge in [-0.2, -0.15) is 0 Å². The van der Waals surface area contributed by atoms with Gasteiger partial charge in [0.25, 0.3) is 0 Å². The van der Waals surface area contributed by atoms with Crippen molar-refractivity contribution in [2.45, 2.75) is 6.54 Å². The highest BCUT2D eigenvalue weighted by Crippen LogP contribution is 2.29. The Morgan fingerprint density at radius 3 is 2.68 bits per heavy atom. The first-order valence-electron chi connectivity index (χ1n) is 9.14. The van der Waals surface area contributed by atoms with E-state index >= 15 is 0 Å². The van der Waals surface area contributed by atoms with E-state index in [0.717, 1.165) is 6.07 Å². The minimum Gasteiger partial charge on any atom is -0.497 e. The first kappa shape index (κ1) is 20.5. The molecule has 0 amide bonds. The number of nitrogens with zero attached hydrogens (tertiary/aromatic N) is 2. The van der Waals surface area contributed by atoms with E-state index < -0.39 is 22.8 Å². The van der Waals surface area contributed by atoms with Gasteiger partial charge in [-0.25, -0.2) is 14.2 Å². The summed E-state index contributed by atoms with van der Waals surface area (Å²) in [7, 11) is 3.04. The van der Waals surface area contributed by atoms with Crippen molar-refractivity contribution in [3.8, 4) is 22.1 Å². The SMILES string of the molecule is COc1ccc(Cn2cc(C(=O)O)c(=O)c3cc(F)c(-c4cccs4)nc32)c(OC)c1. The lowest BCUT2D eigenvalue weighted by molar-refractivity contribution is 0.0695. The van der Waals surface area contributed by atoms with E-state index in [-0.39, 0.29) is 23.3 Å². The molecule has 0 saturated heterocycles. The van der Waals surface area contributed by atoms with Gasteiger partial charge >= 0.3 is 5.97 Å². The molecule has 0 saturated carbocycles. The zero-order valence-corrected chi connectivity index (χ0v) is 17.4. The van der Waals surface area contributed by atoms with Crippen molar-refractivity contribution in [1.29, 1.82) is 0 Å². The van der Waals surface area contributed by atoms with E-state index in [0.29, 0.717) is 21.9 Å². The Morgan fingerprint density at radius 1 is 1.23 bits per heavy atom. The fourth-order valence-corrected chi connectivity index (χ4v) is 4.03. The molecule has 0 aliphatic carbocycles. The highest BCUT2D eigenvalue weighted by molar-refractivity contribution is 7.13. The third-order valence-corrected chi connectivity index (χ3v) is 5.70. The van der Waals surface area contributed by atoms with Gasteiger partial charge in [0, 0.05) is 17.8 Å². The minimum atomic E-state index is -1.40. The first-order chi connectivity index (χ1) is 14.9. The van der Waals surface area contributed by atoms with Crippen molar-refractivity contribution in [1.82, 2.24) is 9.55 Å². The Hall–Kier alpha value is -3.72. The first-order valence-corrected chi connectivity index (χ1v) is 10.0. The fourth-order valence-electron chi connectivity index (χ4n) is 3.31. The van der Waals surface area contributed by atoms with E-state index in [1.165, 1.54) is 36.3 Å². The molecule has 9 heteroatoms. The van der Waals surface area contributed by atoms with Gasteiger partial charge in [0.1, 0.15) is 28.4 Å².